The molecule has 3 N–H and O–H groups in total. The summed E-state index contributed by atoms with van der Waals surface area (Å²) in [5, 5.41) is 19.7. The molecule has 0 aliphatic carbocycles. The Morgan fingerprint density at radius 2 is 1.96 bits per heavy atom. The van der Waals surface area contributed by atoms with Crippen LogP contribution in [0.5, 0.6) is 0 Å². The third-order valence-corrected chi connectivity index (χ3v) is 6.69. The van der Waals surface area contributed by atoms with E-state index in [4.69, 9.17) is 4.74 Å². The zero-order chi connectivity index (χ0) is 19.2. The van der Waals surface area contributed by atoms with Crippen LogP contribution in [-0.2, 0) is 16.9 Å². The zero-order valence-electron chi connectivity index (χ0n) is 16.1. The number of ether oxygens (including phenoxy) is 1. The topological polar surface area (TPSA) is 73.9 Å². The van der Waals surface area contributed by atoms with Crippen LogP contribution in [0, 0.1) is 6.92 Å². The first-order chi connectivity index (χ1) is 13.0. The number of aromatic amines is 2. The predicted octanol–water partition coefficient (Wildman–Crippen LogP) is 5.24. The molecule has 0 amide bonds. The van der Waals surface area contributed by atoms with Gasteiger partial charge >= 0.3 is 0 Å². The van der Waals surface area contributed by atoms with Gasteiger partial charge in [-0.1, -0.05) is 26.0 Å². The average Bonchev–Trinajstić information content (AvgIpc) is 3.34. The van der Waals surface area contributed by atoms with Crippen molar-refractivity contribution < 1.29 is 9.84 Å². The molecule has 6 heteroatoms. The SMILES string of the molecule is CCC(O)(CC)c1ccc2c(C)c(-c3n[nH]c4cc(COC)sc34)[nH]c2c1. The molecular formula is C21H25N3O2S. The van der Waals surface area contributed by atoms with Crippen molar-refractivity contribution >= 4 is 32.5 Å². The van der Waals surface area contributed by atoms with Gasteiger partial charge < -0.3 is 14.8 Å². The number of methoxy groups -OCH3 is 1. The van der Waals surface area contributed by atoms with E-state index in [1.165, 1.54) is 10.4 Å². The molecule has 4 aromatic rings. The largest absolute Gasteiger partial charge is 0.385 e. The highest BCUT2D eigenvalue weighted by molar-refractivity contribution is 7.19. The second-order valence-electron chi connectivity index (χ2n) is 7.08. The number of benzene rings is 1. The number of rotatable bonds is 6. The second-order valence-corrected chi connectivity index (χ2v) is 8.22. The zero-order valence-corrected chi connectivity index (χ0v) is 17.0. The van der Waals surface area contributed by atoms with E-state index >= 15 is 0 Å². The van der Waals surface area contributed by atoms with Gasteiger partial charge in [0.15, 0.2) is 0 Å². The van der Waals surface area contributed by atoms with E-state index in [0.29, 0.717) is 19.4 Å². The maximum Gasteiger partial charge on any atom is 0.126 e. The van der Waals surface area contributed by atoms with Crippen molar-refractivity contribution in [1.82, 2.24) is 15.2 Å². The lowest BCUT2D eigenvalue weighted by atomic mass is 9.88. The molecule has 1 aromatic carbocycles. The molecule has 3 aromatic heterocycles. The first-order valence-electron chi connectivity index (χ1n) is 9.32. The number of aliphatic hydroxyl groups is 1. The van der Waals surface area contributed by atoms with E-state index in [1.54, 1.807) is 18.4 Å². The van der Waals surface area contributed by atoms with E-state index in [-0.39, 0.29) is 0 Å². The van der Waals surface area contributed by atoms with Gasteiger partial charge in [-0.2, -0.15) is 5.10 Å². The van der Waals surface area contributed by atoms with Crippen molar-refractivity contribution in [1.29, 1.82) is 0 Å². The third kappa shape index (κ3) is 2.88. The van der Waals surface area contributed by atoms with Crippen LogP contribution in [0.15, 0.2) is 24.3 Å². The van der Waals surface area contributed by atoms with E-state index < -0.39 is 5.60 Å². The van der Waals surface area contributed by atoms with E-state index in [1.807, 2.05) is 19.9 Å². The number of nitrogens with one attached hydrogen (secondary N) is 2. The summed E-state index contributed by atoms with van der Waals surface area (Å²) in [6, 6.07) is 8.32. The summed E-state index contributed by atoms with van der Waals surface area (Å²) in [6.07, 6.45) is 1.39. The van der Waals surface area contributed by atoms with Crippen molar-refractivity contribution in [3.8, 4) is 11.4 Å². The molecule has 0 radical (unpaired) electrons. The van der Waals surface area contributed by atoms with E-state index in [0.717, 1.165) is 38.1 Å². The van der Waals surface area contributed by atoms with Gasteiger partial charge in [0, 0.05) is 22.9 Å². The van der Waals surface area contributed by atoms with Crippen LogP contribution < -0.4 is 0 Å². The Hall–Kier alpha value is -2.15. The average molecular weight is 384 g/mol. The first kappa shape index (κ1) is 18.2. The highest BCUT2D eigenvalue weighted by Gasteiger charge is 2.26. The fourth-order valence-electron chi connectivity index (χ4n) is 3.77. The van der Waals surface area contributed by atoms with Crippen molar-refractivity contribution in [3.05, 3.63) is 40.3 Å². The summed E-state index contributed by atoms with van der Waals surface area (Å²) in [5.41, 5.74) is 5.37. The molecule has 0 spiro atoms. The Balaban J connectivity index is 1.84. The molecule has 0 saturated carbocycles. The van der Waals surface area contributed by atoms with Gasteiger partial charge in [-0.3, -0.25) is 5.10 Å². The maximum atomic E-state index is 10.9. The molecule has 5 nitrogen and oxygen atoms in total. The Labute approximate surface area is 162 Å². The van der Waals surface area contributed by atoms with E-state index in [2.05, 4.69) is 40.3 Å². The van der Waals surface area contributed by atoms with Crippen LogP contribution >= 0.6 is 11.3 Å². The van der Waals surface area contributed by atoms with Gasteiger partial charge in [-0.15, -0.1) is 11.3 Å². The van der Waals surface area contributed by atoms with Crippen LogP contribution in [0.4, 0.5) is 0 Å². The van der Waals surface area contributed by atoms with Crippen LogP contribution in [0.1, 0.15) is 42.7 Å². The number of hydrogen-bond donors (Lipinski definition) is 3. The molecule has 27 heavy (non-hydrogen) atoms. The molecule has 0 saturated heterocycles. The van der Waals surface area contributed by atoms with Crippen LogP contribution in [0.3, 0.4) is 0 Å². The van der Waals surface area contributed by atoms with Crippen molar-refractivity contribution in [2.45, 2.75) is 45.8 Å². The number of hydrogen-bond acceptors (Lipinski definition) is 4. The smallest absolute Gasteiger partial charge is 0.126 e. The first-order valence-corrected chi connectivity index (χ1v) is 10.1. The Kier molecular flexibility index (Phi) is 4.58. The highest BCUT2D eigenvalue weighted by Crippen LogP contribution is 2.38. The summed E-state index contributed by atoms with van der Waals surface area (Å²) in [6.45, 7) is 6.76. The van der Waals surface area contributed by atoms with Crippen LogP contribution in [0.2, 0.25) is 0 Å². The highest BCUT2D eigenvalue weighted by atomic mass is 32.1. The number of aromatic nitrogens is 3. The van der Waals surface area contributed by atoms with Gasteiger partial charge in [0.25, 0.3) is 0 Å². The Bertz CT molecular complexity index is 1100. The maximum absolute atomic E-state index is 10.9. The molecule has 0 aliphatic rings. The summed E-state index contributed by atoms with van der Waals surface area (Å²) in [7, 11) is 1.71. The predicted molar refractivity (Wildman–Crippen MR) is 111 cm³/mol. The molecule has 0 aliphatic heterocycles. The molecule has 0 atom stereocenters. The number of fused-ring (bicyclic) bond motifs is 2. The molecule has 142 valence electrons. The summed E-state index contributed by atoms with van der Waals surface area (Å²) in [5.74, 6) is 0. The van der Waals surface area contributed by atoms with Crippen molar-refractivity contribution in [2.24, 2.45) is 0 Å². The number of H-pyrrole nitrogens is 2. The Morgan fingerprint density at radius 3 is 2.67 bits per heavy atom. The molecule has 0 fully saturated rings. The van der Waals surface area contributed by atoms with Gasteiger partial charge in [0.05, 0.1) is 28.1 Å². The fourth-order valence-corrected chi connectivity index (χ4v) is 4.85. The Morgan fingerprint density at radius 1 is 1.19 bits per heavy atom. The second kappa shape index (κ2) is 6.78. The number of thiophene rings is 1. The number of aryl methyl sites for hydroxylation is 1. The van der Waals surface area contributed by atoms with Crippen LogP contribution in [-0.4, -0.2) is 27.4 Å². The molecule has 3 heterocycles. The minimum Gasteiger partial charge on any atom is -0.385 e. The lowest BCUT2D eigenvalue weighted by Crippen LogP contribution is -2.23. The molecular weight excluding hydrogens is 358 g/mol. The third-order valence-electron chi connectivity index (χ3n) is 5.58. The van der Waals surface area contributed by atoms with Gasteiger partial charge in [0.2, 0.25) is 0 Å². The van der Waals surface area contributed by atoms with Crippen molar-refractivity contribution in [2.75, 3.05) is 7.11 Å². The van der Waals surface area contributed by atoms with Gasteiger partial charge in [0.1, 0.15) is 5.69 Å². The lowest BCUT2D eigenvalue weighted by Gasteiger charge is -2.25. The van der Waals surface area contributed by atoms with Gasteiger partial charge in [-0.05, 0) is 43.0 Å². The standard InChI is InChI=1S/C21H25N3O2S/c1-5-21(25,6-2)13-7-8-15-12(3)18(22-16(15)9-13)19-20-17(23-24-19)10-14(27-20)11-26-4/h7-10,22,25H,5-6,11H2,1-4H3,(H,23,24). The summed E-state index contributed by atoms with van der Waals surface area (Å²) in [4.78, 5) is 4.72. The molecule has 0 bridgehead atoms. The lowest BCUT2D eigenvalue weighted by molar-refractivity contribution is 0.0285. The van der Waals surface area contributed by atoms with E-state index in [9.17, 15) is 5.11 Å². The van der Waals surface area contributed by atoms with Gasteiger partial charge in [-0.25, -0.2) is 0 Å². The molecule has 4 rings (SSSR count). The minimum atomic E-state index is -0.782. The summed E-state index contributed by atoms with van der Waals surface area (Å²) >= 11 is 1.70. The summed E-state index contributed by atoms with van der Waals surface area (Å²) < 4.78 is 6.39. The fraction of sp³-hybridized carbons (Fsp3) is 0.381. The van der Waals surface area contributed by atoms with Crippen molar-refractivity contribution in [3.63, 3.8) is 0 Å². The van der Waals surface area contributed by atoms with Crippen LogP contribution in [0.25, 0.3) is 32.5 Å². The quantitative estimate of drug-likeness (QED) is 0.426. The monoisotopic (exact) mass is 383 g/mol. The normalized spacial score (nSPS) is 12.5. The number of nitrogens with zero attached hydrogens (tertiary/aromatic N) is 1. The minimum absolute atomic E-state index is 0.605. The molecule has 0 unspecified atom stereocenters.